The quantitative estimate of drug-likeness (QED) is 0.153. The number of pyridine rings is 1. The maximum atomic E-state index is 5.14. The molecule has 0 radical (unpaired) electrons. The Balaban J connectivity index is 0.000000115. The minimum absolute atomic E-state index is 0.0549. The third kappa shape index (κ3) is 16.6. The van der Waals surface area contributed by atoms with Crippen molar-refractivity contribution >= 4 is 87.2 Å². The lowest BCUT2D eigenvalue weighted by atomic mass is 9.86. The standard InChI is InChI=1S/C31H25N5.C22H21N.C20H19N3.C19H19N3.C15H17N/c1-31(2,3)28-32-29(35-24-16-8-4-12-20(24)21-13-5-9-17-25(21)35)34-30(33-28)36-26-18-10-6-14-22(26)23-15-7-11-19-27(23)36;1-22(2,3)16-13-14-21-19(15-16)18-11-7-8-12-20(18)23(21)17-9-5-4-6-10-17;1-20(2,3)14-12-21-19(22-13-14)23-17-10-6-4-8-15(17)16-9-5-7-11-18(16)23;1-19(2,3)18-21-16(14-10-6-4-7-11-14)20-17(22-18)15-12-8-5-9-13-15;1-15(2,3)13-9-10-14(16-11-13)12-7-5-4-6-8-12/h4-19H,1-3H3;4-15H,1-3H3;4-13H,1-3H3;4-13H,1-3H3;4-11H,1-3H3. The summed E-state index contributed by atoms with van der Waals surface area (Å²) in [6.45, 7) is 32.7. The van der Waals surface area contributed by atoms with Crippen molar-refractivity contribution in [2.24, 2.45) is 0 Å². The van der Waals surface area contributed by atoms with E-state index in [2.05, 4.69) is 395 Å². The van der Waals surface area contributed by atoms with Gasteiger partial charge in [0.2, 0.25) is 17.8 Å². The summed E-state index contributed by atoms with van der Waals surface area (Å²) in [7, 11) is 0. The molecule has 13 heteroatoms. The zero-order valence-corrected chi connectivity index (χ0v) is 71.1. The topological polar surface area (TPSA) is 136 Å². The Bertz CT molecular complexity index is 6660. The van der Waals surface area contributed by atoms with Crippen LogP contribution in [0.3, 0.4) is 0 Å². The Morgan fingerprint density at radius 2 is 0.492 bits per heavy atom. The van der Waals surface area contributed by atoms with E-state index in [9.17, 15) is 0 Å². The van der Waals surface area contributed by atoms with Gasteiger partial charge in [-0.05, 0) is 106 Å². The van der Waals surface area contributed by atoms with Gasteiger partial charge in [0.1, 0.15) is 11.6 Å². The first-order valence-electron chi connectivity index (χ1n) is 41.3. The molecule has 8 aromatic heterocycles. The van der Waals surface area contributed by atoms with Crippen molar-refractivity contribution in [3.05, 3.63) is 368 Å². The van der Waals surface area contributed by atoms with Crippen LogP contribution >= 0.6 is 0 Å². The summed E-state index contributed by atoms with van der Waals surface area (Å²) in [5, 5.41) is 9.84. The number of benzene rings is 12. The summed E-state index contributed by atoms with van der Waals surface area (Å²) >= 11 is 0. The van der Waals surface area contributed by atoms with E-state index in [1.54, 1.807) is 0 Å². The summed E-state index contributed by atoms with van der Waals surface area (Å²) in [6, 6.07) is 111. The molecule has 120 heavy (non-hydrogen) atoms. The Kier molecular flexibility index (Phi) is 21.9. The van der Waals surface area contributed by atoms with E-state index in [1.165, 1.54) is 76.5 Å². The minimum atomic E-state index is -0.260. The van der Waals surface area contributed by atoms with Gasteiger partial charge in [0.15, 0.2) is 11.6 Å². The molecule has 12 aromatic carbocycles. The molecule has 0 saturated carbocycles. The summed E-state index contributed by atoms with van der Waals surface area (Å²) in [5.74, 6) is 4.98. The molecule has 594 valence electrons. The lowest BCUT2D eigenvalue weighted by Crippen LogP contribution is -2.20. The van der Waals surface area contributed by atoms with Gasteiger partial charge >= 0.3 is 0 Å². The van der Waals surface area contributed by atoms with Gasteiger partial charge in [0.05, 0.1) is 49.8 Å². The van der Waals surface area contributed by atoms with Gasteiger partial charge in [-0.1, -0.05) is 353 Å². The zero-order valence-electron chi connectivity index (χ0n) is 71.1. The van der Waals surface area contributed by atoms with Gasteiger partial charge in [-0.15, -0.1) is 0 Å². The summed E-state index contributed by atoms with van der Waals surface area (Å²) in [5.41, 5.74) is 18.3. The number of nitrogens with zero attached hydrogens (tertiary/aromatic N) is 13. The van der Waals surface area contributed by atoms with E-state index < -0.39 is 0 Å². The first-order valence-corrected chi connectivity index (χ1v) is 41.3. The molecule has 0 fully saturated rings. The van der Waals surface area contributed by atoms with Gasteiger partial charge in [-0.25, -0.2) is 24.9 Å². The van der Waals surface area contributed by atoms with Crippen molar-refractivity contribution in [1.82, 2.24) is 63.1 Å². The molecule has 0 bridgehead atoms. The predicted octanol–water partition coefficient (Wildman–Crippen LogP) is 26.9. The van der Waals surface area contributed by atoms with Crippen LogP contribution in [0, 0.1) is 0 Å². The molecule has 20 rings (SSSR count). The van der Waals surface area contributed by atoms with Gasteiger partial charge in [0.25, 0.3) is 0 Å². The van der Waals surface area contributed by atoms with Gasteiger partial charge < -0.3 is 4.57 Å². The van der Waals surface area contributed by atoms with Crippen LogP contribution < -0.4 is 0 Å². The normalized spacial score (nSPS) is 12.0. The largest absolute Gasteiger partial charge is 0.309 e. The average Bonchev–Trinajstić information content (AvgIpc) is 1.59. The van der Waals surface area contributed by atoms with E-state index in [1.807, 2.05) is 97.5 Å². The minimum Gasteiger partial charge on any atom is -0.309 e. The Hall–Kier alpha value is -13.9. The van der Waals surface area contributed by atoms with Gasteiger partial charge in [-0.3, -0.25) is 18.7 Å². The highest BCUT2D eigenvalue weighted by atomic mass is 15.3. The van der Waals surface area contributed by atoms with Crippen LogP contribution in [0.2, 0.25) is 0 Å². The summed E-state index contributed by atoms with van der Waals surface area (Å²) < 4.78 is 8.83. The zero-order chi connectivity index (χ0) is 83.7. The van der Waals surface area contributed by atoms with Crippen molar-refractivity contribution in [2.45, 2.75) is 131 Å². The fourth-order valence-electron chi connectivity index (χ4n) is 15.2. The van der Waals surface area contributed by atoms with Crippen LogP contribution in [0.15, 0.2) is 340 Å². The third-order valence-corrected chi connectivity index (χ3v) is 21.7. The first kappa shape index (κ1) is 79.9. The molecule has 0 spiro atoms. The van der Waals surface area contributed by atoms with Crippen molar-refractivity contribution in [1.29, 1.82) is 0 Å². The van der Waals surface area contributed by atoms with Gasteiger partial charge in [-0.2, -0.15) is 15.0 Å². The van der Waals surface area contributed by atoms with E-state index >= 15 is 0 Å². The molecule has 0 saturated heterocycles. The molecule has 8 heterocycles. The monoisotopic (exact) mass is 1570 g/mol. The van der Waals surface area contributed by atoms with Crippen LogP contribution in [-0.4, -0.2) is 63.1 Å². The Morgan fingerprint density at radius 3 is 0.842 bits per heavy atom. The number of fused-ring (bicyclic) bond motifs is 12. The molecule has 0 unspecified atom stereocenters. The van der Waals surface area contributed by atoms with E-state index in [4.69, 9.17) is 15.0 Å². The average molecular weight is 1570 g/mol. The molecule has 0 atom stereocenters. The van der Waals surface area contributed by atoms with E-state index in [-0.39, 0.29) is 27.1 Å². The van der Waals surface area contributed by atoms with Crippen molar-refractivity contribution < 1.29 is 0 Å². The second-order valence-corrected chi connectivity index (χ2v) is 35.6. The molecular weight excluding hydrogens is 1470 g/mol. The smallest absolute Gasteiger partial charge is 0.239 e. The Labute approximate surface area is 702 Å². The number of para-hydroxylation sites is 8. The Morgan fingerprint density at radius 1 is 0.200 bits per heavy atom. The molecule has 0 aliphatic heterocycles. The first-order chi connectivity index (χ1) is 57.7. The molecule has 0 amide bonds. The summed E-state index contributed by atoms with van der Waals surface area (Å²) in [4.78, 5) is 43.0. The SMILES string of the molecule is CC(C)(C)c1ccc(-c2ccccc2)nc1.CC(C)(C)c1ccc2c(c1)c1ccccc1n2-c1ccccc1.CC(C)(C)c1cnc(-n2c3ccccc3c3ccccc32)nc1.CC(C)(C)c1nc(-c2ccccc2)nc(-c2ccccc2)n1.CC(C)(C)c1nc(-n2c3ccccc3c3ccccc32)nc(-n2c3ccccc3c3ccccc32)n1. The molecular formula is C107H101N13. The van der Waals surface area contributed by atoms with Crippen molar-refractivity contribution in [3.63, 3.8) is 0 Å². The fourth-order valence-corrected chi connectivity index (χ4v) is 15.2. The fraction of sp³-hybridized carbons (Fsp3) is 0.187. The highest BCUT2D eigenvalue weighted by Crippen LogP contribution is 2.39. The number of hydrogen-bond donors (Lipinski definition) is 0. The number of hydrogen-bond acceptors (Lipinski definition) is 9. The lowest BCUT2D eigenvalue weighted by Gasteiger charge is -2.19. The lowest BCUT2D eigenvalue weighted by molar-refractivity contribution is 0.537. The van der Waals surface area contributed by atoms with Crippen LogP contribution in [0.25, 0.3) is 145 Å². The molecule has 13 nitrogen and oxygen atoms in total. The second kappa shape index (κ2) is 32.9. The van der Waals surface area contributed by atoms with Gasteiger partial charge in [0, 0.05) is 94.9 Å². The number of rotatable bonds is 7. The van der Waals surface area contributed by atoms with E-state index in [0.717, 1.165) is 84.7 Å². The third-order valence-electron chi connectivity index (χ3n) is 21.7. The summed E-state index contributed by atoms with van der Waals surface area (Å²) in [6.07, 6.45) is 5.85. The van der Waals surface area contributed by atoms with Crippen molar-refractivity contribution in [2.75, 3.05) is 0 Å². The van der Waals surface area contributed by atoms with Crippen molar-refractivity contribution in [3.8, 4) is 57.6 Å². The second-order valence-electron chi connectivity index (χ2n) is 35.6. The van der Waals surface area contributed by atoms with E-state index in [0.29, 0.717) is 11.9 Å². The number of aromatic nitrogens is 13. The van der Waals surface area contributed by atoms with Crippen LogP contribution in [0.5, 0.6) is 0 Å². The molecule has 20 aromatic rings. The van der Waals surface area contributed by atoms with Crippen LogP contribution in [0.1, 0.15) is 132 Å². The maximum absolute atomic E-state index is 5.14. The molecule has 0 aliphatic rings. The molecule has 0 aliphatic carbocycles. The highest BCUT2D eigenvalue weighted by molar-refractivity contribution is 6.12. The van der Waals surface area contributed by atoms with Crippen LogP contribution in [-0.2, 0) is 27.1 Å². The highest BCUT2D eigenvalue weighted by Gasteiger charge is 2.27. The van der Waals surface area contributed by atoms with Crippen LogP contribution in [0.4, 0.5) is 0 Å². The maximum Gasteiger partial charge on any atom is 0.239 e. The molecule has 0 N–H and O–H groups in total. The predicted molar refractivity (Wildman–Crippen MR) is 500 cm³/mol.